The second-order valence-corrected chi connectivity index (χ2v) is 9.14. The van der Waals surface area contributed by atoms with Gasteiger partial charge in [0.15, 0.2) is 0 Å². The number of carbonyl (C=O) groups is 3. The summed E-state index contributed by atoms with van der Waals surface area (Å²) in [5.74, 6) is -0.686. The predicted octanol–water partition coefficient (Wildman–Crippen LogP) is 3.33. The number of hydrogen-bond acceptors (Lipinski definition) is 6. The average Bonchev–Trinajstić information content (AvgIpc) is 2.70. The van der Waals surface area contributed by atoms with Crippen LogP contribution in [0.1, 0.15) is 64.1 Å². The monoisotopic (exact) mass is 467 g/mol. The van der Waals surface area contributed by atoms with Crippen molar-refractivity contribution in [2.45, 2.75) is 71.6 Å². The Morgan fingerprint density at radius 1 is 1.22 bits per heavy atom. The lowest BCUT2D eigenvalue weighted by Gasteiger charge is -2.31. The molecule has 3 amide bonds. The molecule has 0 heterocycles. The van der Waals surface area contributed by atoms with E-state index in [0.29, 0.717) is 17.7 Å². The number of amides is 3. The van der Waals surface area contributed by atoms with Crippen LogP contribution in [0.3, 0.4) is 0 Å². The largest absolute Gasteiger partial charge is 0.508 e. The van der Waals surface area contributed by atoms with E-state index in [1.165, 1.54) is 18.0 Å². The van der Waals surface area contributed by atoms with Gasteiger partial charge < -0.3 is 25.4 Å². The standard InChI is InChI=1S/C23H37N3O5S/c1-7-8-9-12-24-20(28)19(16-10-11-18(27)15(2)13-16)26(6)21(29)17(14-32)25-22(30)31-23(3,4)5/h10-11,13,17,19,27,32H,7-9,12,14H2,1-6H3,(H,24,28)(H,25,30). The zero-order valence-electron chi connectivity index (χ0n) is 19.9. The fraction of sp³-hybridized carbons (Fsp3) is 0.609. The maximum atomic E-state index is 13.2. The highest BCUT2D eigenvalue weighted by molar-refractivity contribution is 7.80. The molecule has 2 unspecified atom stereocenters. The number of rotatable bonds is 10. The molecule has 0 aliphatic rings. The normalized spacial score (nSPS) is 13.1. The first-order chi connectivity index (χ1) is 14.9. The van der Waals surface area contributed by atoms with Gasteiger partial charge >= 0.3 is 6.09 Å². The number of aromatic hydroxyl groups is 1. The smallest absolute Gasteiger partial charge is 0.408 e. The third-order valence-electron chi connectivity index (χ3n) is 4.77. The van der Waals surface area contributed by atoms with Crippen LogP contribution < -0.4 is 10.6 Å². The first-order valence-corrected chi connectivity index (χ1v) is 11.5. The van der Waals surface area contributed by atoms with Gasteiger partial charge in [-0.25, -0.2) is 4.79 Å². The van der Waals surface area contributed by atoms with E-state index in [0.717, 1.165) is 19.3 Å². The molecule has 1 rings (SSSR count). The number of thiol groups is 1. The van der Waals surface area contributed by atoms with Crippen LogP contribution in [0, 0.1) is 6.92 Å². The molecule has 0 aromatic heterocycles. The second-order valence-electron chi connectivity index (χ2n) is 8.78. The second kappa shape index (κ2) is 12.6. The molecular formula is C23H37N3O5S. The summed E-state index contributed by atoms with van der Waals surface area (Å²) in [5, 5.41) is 15.3. The van der Waals surface area contributed by atoms with E-state index < -0.39 is 29.7 Å². The Labute approximate surface area is 196 Å². The Bertz CT molecular complexity index is 794. The third kappa shape index (κ3) is 8.61. The van der Waals surface area contributed by atoms with Gasteiger partial charge in [-0.1, -0.05) is 25.8 Å². The Hall–Kier alpha value is -2.42. The molecule has 9 heteroatoms. The van der Waals surface area contributed by atoms with Crippen LogP contribution in [0.25, 0.3) is 0 Å². The van der Waals surface area contributed by atoms with E-state index in [1.54, 1.807) is 39.8 Å². The van der Waals surface area contributed by atoms with E-state index in [2.05, 4.69) is 30.2 Å². The highest BCUT2D eigenvalue weighted by atomic mass is 32.1. The molecule has 0 aliphatic carbocycles. The maximum Gasteiger partial charge on any atom is 0.408 e. The lowest BCUT2D eigenvalue weighted by Crippen LogP contribution is -2.52. The Morgan fingerprint density at radius 2 is 1.88 bits per heavy atom. The minimum atomic E-state index is -0.980. The Morgan fingerprint density at radius 3 is 2.41 bits per heavy atom. The third-order valence-corrected chi connectivity index (χ3v) is 5.14. The number of hydrogen-bond donors (Lipinski definition) is 4. The number of phenolic OH excluding ortho intramolecular Hbond substituents is 1. The van der Waals surface area contributed by atoms with Crippen LogP contribution in [0.5, 0.6) is 5.75 Å². The van der Waals surface area contributed by atoms with Crippen molar-refractivity contribution in [3.05, 3.63) is 29.3 Å². The first-order valence-electron chi connectivity index (χ1n) is 10.9. The molecule has 0 fully saturated rings. The van der Waals surface area contributed by atoms with Gasteiger partial charge in [-0.05, 0) is 57.4 Å². The number of benzene rings is 1. The van der Waals surface area contributed by atoms with Crippen molar-refractivity contribution in [3.63, 3.8) is 0 Å². The summed E-state index contributed by atoms with van der Waals surface area (Å²) >= 11 is 4.20. The molecule has 0 saturated heterocycles. The van der Waals surface area contributed by atoms with Gasteiger partial charge in [0.25, 0.3) is 0 Å². The summed E-state index contributed by atoms with van der Waals surface area (Å²) in [5.41, 5.74) is 0.425. The molecular weight excluding hydrogens is 430 g/mol. The quantitative estimate of drug-likeness (QED) is 0.312. The maximum absolute atomic E-state index is 13.2. The van der Waals surface area contributed by atoms with Crippen molar-refractivity contribution in [2.24, 2.45) is 0 Å². The summed E-state index contributed by atoms with van der Waals surface area (Å²) in [6.07, 6.45) is 2.11. The zero-order chi connectivity index (χ0) is 24.5. The van der Waals surface area contributed by atoms with Crippen molar-refractivity contribution >= 4 is 30.5 Å². The average molecular weight is 468 g/mol. The fourth-order valence-corrected chi connectivity index (χ4v) is 3.34. The van der Waals surface area contributed by atoms with Gasteiger partial charge in [0.1, 0.15) is 23.4 Å². The summed E-state index contributed by atoms with van der Waals surface area (Å²) in [6, 6.07) is 2.86. The Kier molecular flexibility index (Phi) is 10.9. The number of unbranched alkanes of at least 4 members (excludes halogenated alkanes) is 2. The Balaban J connectivity index is 3.12. The topological polar surface area (TPSA) is 108 Å². The highest BCUT2D eigenvalue weighted by Gasteiger charge is 2.33. The number of nitrogens with one attached hydrogen (secondary N) is 2. The van der Waals surface area contributed by atoms with Crippen LogP contribution in [0.15, 0.2) is 18.2 Å². The number of alkyl carbamates (subject to hydrolysis) is 1. The molecule has 1 aromatic carbocycles. The molecule has 0 saturated carbocycles. The summed E-state index contributed by atoms with van der Waals surface area (Å²) in [6.45, 7) is 9.46. The lowest BCUT2D eigenvalue weighted by molar-refractivity contribution is -0.140. The SMILES string of the molecule is CCCCCNC(=O)C(c1ccc(O)c(C)c1)N(C)C(=O)C(CS)NC(=O)OC(C)(C)C. The molecule has 2 atom stereocenters. The summed E-state index contributed by atoms with van der Waals surface area (Å²) in [7, 11) is 1.51. The molecule has 0 bridgehead atoms. The van der Waals surface area contributed by atoms with Crippen molar-refractivity contribution in [3.8, 4) is 5.75 Å². The number of aryl methyl sites for hydroxylation is 1. The molecule has 180 valence electrons. The van der Waals surface area contributed by atoms with Gasteiger partial charge in [0.2, 0.25) is 11.8 Å². The minimum Gasteiger partial charge on any atom is -0.508 e. The lowest BCUT2D eigenvalue weighted by atomic mass is 10.0. The van der Waals surface area contributed by atoms with Crippen molar-refractivity contribution < 1.29 is 24.2 Å². The van der Waals surface area contributed by atoms with Crippen LogP contribution in [-0.4, -0.2) is 58.9 Å². The van der Waals surface area contributed by atoms with E-state index in [9.17, 15) is 19.5 Å². The summed E-state index contributed by atoms with van der Waals surface area (Å²) in [4.78, 5) is 39.7. The molecule has 0 aliphatic heterocycles. The van der Waals surface area contributed by atoms with Gasteiger partial charge in [-0.2, -0.15) is 12.6 Å². The molecule has 32 heavy (non-hydrogen) atoms. The van der Waals surface area contributed by atoms with E-state index in [1.807, 2.05) is 0 Å². The van der Waals surface area contributed by atoms with Crippen LogP contribution in [0.4, 0.5) is 4.79 Å². The number of ether oxygens (including phenoxy) is 1. The molecule has 3 N–H and O–H groups in total. The molecule has 0 spiro atoms. The minimum absolute atomic E-state index is 0.0296. The van der Waals surface area contributed by atoms with Crippen LogP contribution >= 0.6 is 12.6 Å². The van der Waals surface area contributed by atoms with Crippen LogP contribution in [0.2, 0.25) is 0 Å². The fourth-order valence-electron chi connectivity index (χ4n) is 3.09. The first kappa shape index (κ1) is 27.6. The molecule has 0 radical (unpaired) electrons. The molecule has 1 aromatic rings. The van der Waals surface area contributed by atoms with Gasteiger partial charge in [-0.15, -0.1) is 0 Å². The highest BCUT2D eigenvalue weighted by Crippen LogP contribution is 2.26. The number of likely N-dealkylation sites (N-methyl/N-ethyl adjacent to an activating group) is 1. The van der Waals surface area contributed by atoms with Gasteiger partial charge in [0.05, 0.1) is 0 Å². The van der Waals surface area contributed by atoms with Crippen molar-refractivity contribution in [1.82, 2.24) is 15.5 Å². The van der Waals surface area contributed by atoms with E-state index in [-0.39, 0.29) is 17.4 Å². The number of carbonyl (C=O) groups excluding carboxylic acids is 3. The van der Waals surface area contributed by atoms with Crippen molar-refractivity contribution in [2.75, 3.05) is 19.3 Å². The van der Waals surface area contributed by atoms with E-state index in [4.69, 9.17) is 4.74 Å². The summed E-state index contributed by atoms with van der Waals surface area (Å²) < 4.78 is 5.24. The predicted molar refractivity (Wildman–Crippen MR) is 128 cm³/mol. The van der Waals surface area contributed by atoms with Crippen molar-refractivity contribution in [1.29, 1.82) is 0 Å². The van der Waals surface area contributed by atoms with Crippen LogP contribution in [-0.2, 0) is 14.3 Å². The number of nitrogens with zero attached hydrogens (tertiary/aromatic N) is 1. The molecule has 8 nitrogen and oxygen atoms in total. The van der Waals surface area contributed by atoms with Gasteiger partial charge in [-0.3, -0.25) is 9.59 Å². The number of phenols is 1. The zero-order valence-corrected chi connectivity index (χ0v) is 20.8. The van der Waals surface area contributed by atoms with Gasteiger partial charge in [0, 0.05) is 19.3 Å². The van der Waals surface area contributed by atoms with E-state index >= 15 is 0 Å².